The second-order valence-corrected chi connectivity index (χ2v) is 20.2. The molecule has 0 aromatic carbocycles. The molecule has 0 aromatic heterocycles. The summed E-state index contributed by atoms with van der Waals surface area (Å²) < 4.78 is 5.21. The summed E-state index contributed by atoms with van der Waals surface area (Å²) in [7, 11) is 0. The number of ketones is 4. The Morgan fingerprint density at radius 1 is 0.618 bits per heavy atom. The molecule has 0 aromatic rings. The Labute approximate surface area is 330 Å². The lowest BCUT2D eigenvalue weighted by Crippen LogP contribution is -2.52. The average molecular weight is 759 g/mol. The maximum Gasteiger partial charge on any atom is 0.302 e. The molecule has 1 N–H and O–H groups in total. The van der Waals surface area contributed by atoms with Gasteiger partial charge in [0.2, 0.25) is 0 Å². The third kappa shape index (κ3) is 7.00. The zero-order valence-corrected chi connectivity index (χ0v) is 34.7. The summed E-state index contributed by atoms with van der Waals surface area (Å²) >= 11 is 0. The van der Waals surface area contributed by atoms with Gasteiger partial charge in [0.05, 0.1) is 6.61 Å². The van der Waals surface area contributed by atoms with E-state index in [-0.39, 0.29) is 46.1 Å². The van der Waals surface area contributed by atoms with Crippen molar-refractivity contribution in [2.75, 3.05) is 13.2 Å². The molecule has 0 aliphatic heterocycles. The van der Waals surface area contributed by atoms with E-state index in [1.54, 1.807) is 13.8 Å². The molecule has 8 aliphatic rings. The first-order valence-electron chi connectivity index (χ1n) is 22.4. The molecule has 0 spiro atoms. The number of aliphatic hydroxyl groups excluding tert-OH is 1. The van der Waals surface area contributed by atoms with Gasteiger partial charge in [0.1, 0.15) is 11.6 Å². The molecule has 0 heterocycles. The Balaban J connectivity index is 0.000000170. The lowest BCUT2D eigenvalue weighted by molar-refractivity contribution is -0.142. The SMILES string of the molecule is CC(=O)OCCC[C@]12CC[C@@H]3[C@@H](CCC4=CC(=O)CC[C@]43C)[C@@H]1CC[C@@H]2C(C)=O.CC(=O)[C@H]1CC[C@H]2[C@@H]3CCC4=CC(=O)CC[C@@]4(C)[C@@H]3CC[C@]12CCCO. The quantitative estimate of drug-likeness (QED) is 0.184. The molecule has 7 nitrogen and oxygen atoms in total. The molecule has 0 amide bonds. The van der Waals surface area contributed by atoms with Crippen LogP contribution < -0.4 is 0 Å². The molecule has 0 radical (unpaired) electrons. The van der Waals surface area contributed by atoms with Gasteiger partial charge in [-0.25, -0.2) is 0 Å². The van der Waals surface area contributed by atoms with Crippen molar-refractivity contribution >= 4 is 29.1 Å². The Bertz CT molecular complexity index is 1610. The fraction of sp³-hybridized carbons (Fsp3) is 0.812. The number of carbonyl (C=O) groups excluding carboxylic acids is 5. The minimum Gasteiger partial charge on any atom is -0.466 e. The predicted molar refractivity (Wildman–Crippen MR) is 213 cm³/mol. The number of hydrogen-bond acceptors (Lipinski definition) is 7. The highest BCUT2D eigenvalue weighted by molar-refractivity contribution is 5.92. The van der Waals surface area contributed by atoms with Gasteiger partial charge < -0.3 is 9.84 Å². The van der Waals surface area contributed by atoms with Crippen molar-refractivity contribution < 1.29 is 33.8 Å². The third-order valence-electron chi connectivity index (χ3n) is 18.2. The number of Topliss-reactive ketones (excluding diaryl/α,β-unsaturated/α-hetero) is 2. The highest BCUT2D eigenvalue weighted by Crippen LogP contribution is 2.69. The van der Waals surface area contributed by atoms with Gasteiger partial charge in [0.15, 0.2) is 11.6 Å². The van der Waals surface area contributed by atoms with Crippen molar-refractivity contribution in [1.29, 1.82) is 0 Å². The lowest BCUT2D eigenvalue weighted by Gasteiger charge is -2.59. The van der Waals surface area contributed by atoms with Crippen LogP contribution in [0, 0.1) is 69.0 Å². The summed E-state index contributed by atoms with van der Waals surface area (Å²) in [5, 5.41) is 9.47. The molecule has 0 saturated heterocycles. The van der Waals surface area contributed by atoms with Crippen LogP contribution >= 0.6 is 0 Å². The molecule has 8 rings (SSSR count). The van der Waals surface area contributed by atoms with E-state index in [1.807, 2.05) is 12.2 Å². The van der Waals surface area contributed by atoms with Crippen molar-refractivity contribution in [3.63, 3.8) is 0 Å². The number of aliphatic hydroxyl groups is 1. The number of hydrogen-bond donors (Lipinski definition) is 1. The van der Waals surface area contributed by atoms with Crippen LogP contribution in [-0.2, 0) is 28.7 Å². The van der Waals surface area contributed by atoms with Crippen LogP contribution in [0.5, 0.6) is 0 Å². The van der Waals surface area contributed by atoms with E-state index in [0.717, 1.165) is 83.5 Å². The Hall–Kier alpha value is -2.41. The standard InChI is InChI=1S/C25H36O4.C23H34O3/c1-16(26)21-7-8-23-20-6-5-18-15-19(28)9-12-24(18,3)22(20)10-13-25(21,23)11-4-14-29-17(2)27;1-15(25)19-6-7-21-18-5-4-16-14-17(26)8-11-22(16,2)20(18)9-12-23(19,21)10-3-13-24/h15,20-23H,4-14H2,1-3H3;14,18-21,24H,3-13H2,1-2H3/t20-,21-,22-,23+,24-,25-;18-,19-,20-,21+,22-,23-/m11/s1. The number of rotatable bonds is 9. The predicted octanol–water partition coefficient (Wildman–Crippen LogP) is 9.52. The fourth-order valence-corrected chi connectivity index (χ4v) is 16.0. The first-order valence-corrected chi connectivity index (χ1v) is 22.4. The monoisotopic (exact) mass is 759 g/mol. The molecule has 12 atom stereocenters. The number of carbonyl (C=O) groups is 5. The van der Waals surface area contributed by atoms with E-state index in [9.17, 15) is 29.1 Å². The summed E-state index contributed by atoms with van der Waals surface area (Å²) in [6.07, 6.45) is 24.6. The molecule has 304 valence electrons. The van der Waals surface area contributed by atoms with Crippen LogP contribution in [0.25, 0.3) is 0 Å². The fourth-order valence-electron chi connectivity index (χ4n) is 16.0. The number of allylic oxidation sites excluding steroid dienone is 2. The van der Waals surface area contributed by atoms with Crippen LogP contribution in [0.4, 0.5) is 0 Å². The van der Waals surface area contributed by atoms with Crippen LogP contribution in [-0.4, -0.2) is 47.4 Å². The van der Waals surface area contributed by atoms with Gasteiger partial charge in [-0.15, -0.1) is 0 Å². The Kier molecular flexibility index (Phi) is 11.7. The molecule has 0 bridgehead atoms. The van der Waals surface area contributed by atoms with E-state index in [1.165, 1.54) is 50.2 Å². The number of fused-ring (bicyclic) bond motifs is 10. The second kappa shape index (κ2) is 15.7. The van der Waals surface area contributed by atoms with Crippen LogP contribution in [0.15, 0.2) is 23.3 Å². The summed E-state index contributed by atoms with van der Waals surface area (Å²) in [6.45, 7) is 10.6. The lowest BCUT2D eigenvalue weighted by atomic mass is 9.46. The zero-order valence-electron chi connectivity index (χ0n) is 34.7. The minimum absolute atomic E-state index is 0.0925. The number of esters is 1. The maximum atomic E-state index is 12.6. The van der Waals surface area contributed by atoms with Gasteiger partial charge in [0.25, 0.3) is 0 Å². The smallest absolute Gasteiger partial charge is 0.302 e. The average Bonchev–Trinajstić information content (AvgIpc) is 3.73. The zero-order chi connectivity index (χ0) is 39.3. The van der Waals surface area contributed by atoms with E-state index >= 15 is 0 Å². The van der Waals surface area contributed by atoms with Gasteiger partial charge >= 0.3 is 5.97 Å². The Morgan fingerprint density at radius 2 is 1.07 bits per heavy atom. The molecule has 55 heavy (non-hydrogen) atoms. The summed E-state index contributed by atoms with van der Waals surface area (Å²) in [5.41, 5.74) is 3.42. The largest absolute Gasteiger partial charge is 0.466 e. The van der Waals surface area contributed by atoms with E-state index in [4.69, 9.17) is 4.74 Å². The molecular weight excluding hydrogens is 689 g/mol. The summed E-state index contributed by atoms with van der Waals surface area (Å²) in [4.78, 5) is 60.2. The summed E-state index contributed by atoms with van der Waals surface area (Å²) in [6, 6.07) is 0. The van der Waals surface area contributed by atoms with Gasteiger partial charge in [0, 0.05) is 38.2 Å². The number of ether oxygens (including phenoxy) is 1. The van der Waals surface area contributed by atoms with Crippen LogP contribution in [0.1, 0.15) is 163 Å². The molecular formula is C48H70O7. The van der Waals surface area contributed by atoms with E-state index in [0.29, 0.717) is 78.1 Å². The van der Waals surface area contributed by atoms with E-state index < -0.39 is 0 Å². The van der Waals surface area contributed by atoms with Crippen molar-refractivity contribution in [2.24, 2.45) is 69.0 Å². The van der Waals surface area contributed by atoms with Crippen molar-refractivity contribution in [1.82, 2.24) is 0 Å². The topological polar surface area (TPSA) is 115 Å². The van der Waals surface area contributed by atoms with Gasteiger partial charge in [-0.2, -0.15) is 0 Å². The highest BCUT2D eigenvalue weighted by atomic mass is 16.5. The normalized spacial score (nSPS) is 42.8. The first-order chi connectivity index (χ1) is 26.2. The molecule has 6 fully saturated rings. The minimum atomic E-state index is -0.219. The molecule has 0 unspecified atom stereocenters. The van der Waals surface area contributed by atoms with Gasteiger partial charge in [-0.1, -0.05) is 25.0 Å². The Morgan fingerprint density at radius 3 is 1.49 bits per heavy atom. The highest BCUT2D eigenvalue weighted by Gasteiger charge is 2.62. The van der Waals surface area contributed by atoms with Crippen molar-refractivity contribution in [2.45, 2.75) is 163 Å². The van der Waals surface area contributed by atoms with E-state index in [2.05, 4.69) is 13.8 Å². The van der Waals surface area contributed by atoms with Crippen LogP contribution in [0.3, 0.4) is 0 Å². The van der Waals surface area contributed by atoms with Gasteiger partial charge in [-0.3, -0.25) is 24.0 Å². The maximum absolute atomic E-state index is 12.6. The van der Waals surface area contributed by atoms with Gasteiger partial charge in [-0.05, 0) is 199 Å². The molecule has 6 saturated carbocycles. The molecule has 7 heteroatoms. The summed E-state index contributed by atoms with van der Waals surface area (Å²) in [5.74, 6) is 5.43. The first kappa shape index (κ1) is 40.8. The van der Waals surface area contributed by atoms with Crippen molar-refractivity contribution in [3.8, 4) is 0 Å². The molecule has 8 aliphatic carbocycles. The second-order valence-electron chi connectivity index (χ2n) is 20.2. The van der Waals surface area contributed by atoms with Crippen molar-refractivity contribution in [3.05, 3.63) is 23.3 Å². The van der Waals surface area contributed by atoms with Crippen LogP contribution in [0.2, 0.25) is 0 Å². The third-order valence-corrected chi connectivity index (χ3v) is 18.2.